The van der Waals surface area contributed by atoms with Gasteiger partial charge in [0.1, 0.15) is 5.69 Å². The summed E-state index contributed by atoms with van der Waals surface area (Å²) in [7, 11) is 0. The quantitative estimate of drug-likeness (QED) is 0.697. The molecule has 0 atom stereocenters. The summed E-state index contributed by atoms with van der Waals surface area (Å²) in [6.07, 6.45) is 3.36. The lowest BCUT2D eigenvalue weighted by Gasteiger charge is -2.26. The van der Waals surface area contributed by atoms with Crippen molar-refractivity contribution in [2.45, 2.75) is 33.1 Å². The molecule has 138 valence electrons. The molecule has 1 aromatic heterocycles. The third-order valence-electron chi connectivity index (χ3n) is 5.12. The van der Waals surface area contributed by atoms with Crippen LogP contribution in [0, 0.1) is 13.8 Å². The Labute approximate surface area is 160 Å². The zero-order chi connectivity index (χ0) is 18.8. The van der Waals surface area contributed by atoms with Crippen molar-refractivity contribution in [3.05, 3.63) is 65.4 Å². The van der Waals surface area contributed by atoms with Gasteiger partial charge in [0, 0.05) is 24.2 Å². The summed E-state index contributed by atoms with van der Waals surface area (Å²) in [5, 5.41) is 4.54. The summed E-state index contributed by atoms with van der Waals surface area (Å²) in [6, 6.07) is 16.3. The predicted octanol–water partition coefficient (Wildman–Crippen LogP) is 5.22. The normalized spacial score (nSPS) is 14.4. The first kappa shape index (κ1) is 17.5. The lowest BCUT2D eigenvalue weighted by atomic mass is 10.1. The maximum absolute atomic E-state index is 13.0. The highest BCUT2D eigenvalue weighted by Crippen LogP contribution is 2.28. The van der Waals surface area contributed by atoms with E-state index in [2.05, 4.69) is 42.3 Å². The number of amides is 1. The zero-order valence-corrected chi connectivity index (χ0v) is 16.0. The lowest BCUT2D eigenvalue weighted by molar-refractivity contribution is 0.0719. The van der Waals surface area contributed by atoms with Crippen molar-refractivity contribution in [3.8, 4) is 0 Å². The molecule has 4 heteroatoms. The number of nitrogens with one attached hydrogen (secondary N) is 1. The second kappa shape index (κ2) is 7.39. The van der Waals surface area contributed by atoms with Crippen LogP contribution >= 0.6 is 0 Å². The fraction of sp³-hybridized carbons (Fsp3) is 0.304. The topological polar surface area (TPSA) is 45.2 Å². The Morgan fingerprint density at radius 2 is 1.74 bits per heavy atom. The van der Waals surface area contributed by atoms with E-state index in [4.69, 9.17) is 0 Å². The summed E-state index contributed by atoms with van der Waals surface area (Å²) in [5.74, 6) is 0.0319. The highest BCUT2D eigenvalue weighted by Gasteiger charge is 2.21. The maximum atomic E-state index is 13.0. The van der Waals surface area contributed by atoms with Gasteiger partial charge < -0.3 is 10.2 Å². The number of hydrogen-bond donors (Lipinski definition) is 1. The number of hydrogen-bond acceptors (Lipinski definition) is 3. The van der Waals surface area contributed by atoms with Crippen molar-refractivity contribution in [2.75, 3.05) is 18.4 Å². The van der Waals surface area contributed by atoms with E-state index in [1.54, 1.807) is 0 Å². The van der Waals surface area contributed by atoms with Crippen LogP contribution in [-0.4, -0.2) is 28.9 Å². The average molecular weight is 359 g/mol. The van der Waals surface area contributed by atoms with Crippen LogP contribution in [0.1, 0.15) is 40.9 Å². The number of aryl methyl sites for hydroxylation is 2. The van der Waals surface area contributed by atoms with Gasteiger partial charge >= 0.3 is 0 Å². The number of piperidine rings is 1. The molecule has 0 unspecified atom stereocenters. The lowest BCUT2D eigenvalue weighted by Crippen LogP contribution is -2.36. The first-order valence-corrected chi connectivity index (χ1v) is 9.64. The number of benzene rings is 2. The van der Waals surface area contributed by atoms with E-state index >= 15 is 0 Å². The zero-order valence-electron chi connectivity index (χ0n) is 16.0. The van der Waals surface area contributed by atoms with Crippen molar-refractivity contribution in [3.63, 3.8) is 0 Å². The van der Waals surface area contributed by atoms with Crippen LogP contribution in [0.2, 0.25) is 0 Å². The highest BCUT2D eigenvalue weighted by atomic mass is 16.2. The number of likely N-dealkylation sites (tertiary alicyclic amines) is 1. The summed E-state index contributed by atoms with van der Waals surface area (Å²) in [4.78, 5) is 19.6. The molecule has 1 amide bonds. The van der Waals surface area contributed by atoms with E-state index in [0.29, 0.717) is 5.69 Å². The second-order valence-corrected chi connectivity index (χ2v) is 7.42. The molecule has 2 heterocycles. The van der Waals surface area contributed by atoms with E-state index < -0.39 is 0 Å². The van der Waals surface area contributed by atoms with Crippen molar-refractivity contribution in [1.82, 2.24) is 9.88 Å². The average Bonchev–Trinajstić information content (AvgIpc) is 2.68. The molecule has 2 aromatic carbocycles. The largest absolute Gasteiger partial charge is 0.355 e. The molecule has 4 rings (SSSR count). The van der Waals surface area contributed by atoms with Crippen molar-refractivity contribution in [1.29, 1.82) is 0 Å². The SMILES string of the molecule is Cc1cccc(Nc2cc(C(=O)N3CCCCC3)nc3ccc(C)cc23)c1. The van der Waals surface area contributed by atoms with Gasteiger partial charge in [-0.3, -0.25) is 4.79 Å². The number of pyridine rings is 1. The van der Waals surface area contributed by atoms with Crippen molar-refractivity contribution >= 4 is 28.2 Å². The number of rotatable bonds is 3. The molecule has 4 nitrogen and oxygen atoms in total. The third-order valence-corrected chi connectivity index (χ3v) is 5.12. The predicted molar refractivity (Wildman–Crippen MR) is 111 cm³/mol. The van der Waals surface area contributed by atoms with E-state index in [1.165, 1.54) is 17.5 Å². The molecule has 3 aromatic rings. The van der Waals surface area contributed by atoms with Crippen LogP contribution in [0.3, 0.4) is 0 Å². The van der Waals surface area contributed by atoms with Crippen LogP contribution in [0.15, 0.2) is 48.5 Å². The molecular weight excluding hydrogens is 334 g/mol. The molecule has 27 heavy (non-hydrogen) atoms. The maximum Gasteiger partial charge on any atom is 0.272 e. The highest BCUT2D eigenvalue weighted by molar-refractivity contribution is 6.00. The van der Waals surface area contributed by atoms with E-state index in [-0.39, 0.29) is 5.91 Å². The Morgan fingerprint density at radius 3 is 2.52 bits per heavy atom. The molecule has 0 aliphatic carbocycles. The number of carbonyl (C=O) groups is 1. The Kier molecular flexibility index (Phi) is 4.80. The van der Waals surface area contributed by atoms with E-state index in [1.807, 2.05) is 35.2 Å². The van der Waals surface area contributed by atoms with Gasteiger partial charge in [0.25, 0.3) is 5.91 Å². The minimum Gasteiger partial charge on any atom is -0.355 e. The number of aromatic nitrogens is 1. The molecule has 1 N–H and O–H groups in total. The summed E-state index contributed by atoms with van der Waals surface area (Å²) in [5.41, 5.74) is 5.67. The second-order valence-electron chi connectivity index (χ2n) is 7.42. The van der Waals surface area contributed by atoms with Crippen LogP contribution in [0.4, 0.5) is 11.4 Å². The smallest absolute Gasteiger partial charge is 0.272 e. The van der Waals surface area contributed by atoms with Gasteiger partial charge in [0.2, 0.25) is 0 Å². The van der Waals surface area contributed by atoms with Crippen molar-refractivity contribution in [2.24, 2.45) is 0 Å². The molecule has 1 aliphatic rings. The third kappa shape index (κ3) is 3.80. The Morgan fingerprint density at radius 1 is 0.963 bits per heavy atom. The number of fused-ring (bicyclic) bond motifs is 1. The summed E-state index contributed by atoms with van der Waals surface area (Å²) in [6.45, 7) is 5.80. The minimum atomic E-state index is 0.0319. The van der Waals surface area contributed by atoms with Gasteiger partial charge in [-0.2, -0.15) is 0 Å². The summed E-state index contributed by atoms with van der Waals surface area (Å²) >= 11 is 0. The molecule has 1 fully saturated rings. The fourth-order valence-electron chi connectivity index (χ4n) is 3.69. The monoisotopic (exact) mass is 359 g/mol. The van der Waals surface area contributed by atoms with Crippen LogP contribution < -0.4 is 5.32 Å². The van der Waals surface area contributed by atoms with Crippen LogP contribution in [0.5, 0.6) is 0 Å². The molecule has 0 spiro atoms. The number of anilines is 2. The first-order chi connectivity index (χ1) is 13.1. The van der Waals surface area contributed by atoms with Gasteiger partial charge in [-0.05, 0) is 69.0 Å². The molecule has 1 aliphatic heterocycles. The standard InChI is InChI=1S/C23H25N3O/c1-16-7-6-8-18(13-16)24-21-15-22(23(27)26-11-4-3-5-12-26)25-20-10-9-17(2)14-19(20)21/h6-10,13-15H,3-5,11-12H2,1-2H3,(H,24,25). The van der Waals surface area contributed by atoms with Gasteiger partial charge in [-0.15, -0.1) is 0 Å². The molecule has 1 saturated heterocycles. The van der Waals surface area contributed by atoms with Gasteiger partial charge in [-0.25, -0.2) is 4.98 Å². The molecule has 0 saturated carbocycles. The Bertz CT molecular complexity index is 990. The van der Waals surface area contributed by atoms with E-state index in [0.717, 1.165) is 48.2 Å². The van der Waals surface area contributed by atoms with Gasteiger partial charge in [-0.1, -0.05) is 23.8 Å². The fourth-order valence-corrected chi connectivity index (χ4v) is 3.69. The van der Waals surface area contributed by atoms with Crippen LogP contribution in [-0.2, 0) is 0 Å². The van der Waals surface area contributed by atoms with Gasteiger partial charge in [0.15, 0.2) is 0 Å². The molecule has 0 bridgehead atoms. The Balaban J connectivity index is 1.77. The summed E-state index contributed by atoms with van der Waals surface area (Å²) < 4.78 is 0. The van der Waals surface area contributed by atoms with E-state index in [9.17, 15) is 4.79 Å². The molecular formula is C23H25N3O. The van der Waals surface area contributed by atoms with Crippen LogP contribution in [0.25, 0.3) is 10.9 Å². The molecule has 0 radical (unpaired) electrons. The first-order valence-electron chi connectivity index (χ1n) is 9.64. The van der Waals surface area contributed by atoms with Gasteiger partial charge in [0.05, 0.1) is 11.2 Å². The minimum absolute atomic E-state index is 0.0319. The van der Waals surface area contributed by atoms with Crippen molar-refractivity contribution < 1.29 is 4.79 Å². The number of carbonyl (C=O) groups excluding carboxylic acids is 1. The number of nitrogens with zero attached hydrogens (tertiary/aromatic N) is 2. The Hall–Kier alpha value is -2.88.